The molecule has 1 aliphatic heterocycles. The van der Waals surface area contributed by atoms with Crippen LogP contribution in [0.5, 0.6) is 0 Å². The van der Waals surface area contributed by atoms with Crippen molar-refractivity contribution >= 4 is 12.0 Å². The van der Waals surface area contributed by atoms with E-state index in [0.29, 0.717) is 24.9 Å². The van der Waals surface area contributed by atoms with Gasteiger partial charge in [0.25, 0.3) is 5.91 Å². The lowest BCUT2D eigenvalue weighted by molar-refractivity contribution is 0.00759. The van der Waals surface area contributed by atoms with Crippen molar-refractivity contribution < 1.29 is 23.8 Å². The summed E-state index contributed by atoms with van der Waals surface area (Å²) in [4.78, 5) is 32.1. The Morgan fingerprint density at radius 3 is 2.41 bits per heavy atom. The van der Waals surface area contributed by atoms with Crippen molar-refractivity contribution in [3.63, 3.8) is 0 Å². The first kappa shape index (κ1) is 27.8. The summed E-state index contributed by atoms with van der Waals surface area (Å²) in [6.07, 6.45) is 5.00. The number of hydrogen-bond acceptors (Lipinski definition) is 5. The first-order chi connectivity index (χ1) is 17.8. The van der Waals surface area contributed by atoms with Gasteiger partial charge in [0.15, 0.2) is 0 Å². The van der Waals surface area contributed by atoms with Crippen LogP contribution >= 0.6 is 0 Å². The largest absolute Gasteiger partial charge is 0.446 e. The van der Waals surface area contributed by atoms with Crippen LogP contribution in [0.25, 0.3) is 11.1 Å². The molecule has 7 nitrogen and oxygen atoms in total. The van der Waals surface area contributed by atoms with E-state index in [1.165, 1.54) is 17.0 Å². The van der Waals surface area contributed by atoms with Crippen LogP contribution in [0, 0.1) is 5.82 Å². The molecule has 37 heavy (non-hydrogen) atoms. The van der Waals surface area contributed by atoms with E-state index >= 15 is 0 Å². The molecule has 0 radical (unpaired) electrons. The molecule has 1 saturated heterocycles. The molecule has 0 aliphatic carbocycles. The van der Waals surface area contributed by atoms with E-state index in [0.717, 1.165) is 23.1 Å². The number of ether oxygens (including phenoxy) is 1. The van der Waals surface area contributed by atoms with Gasteiger partial charge in [-0.2, -0.15) is 0 Å². The minimum Gasteiger partial charge on any atom is -0.446 e. The molecule has 2 atom stereocenters. The summed E-state index contributed by atoms with van der Waals surface area (Å²) >= 11 is 0. The lowest BCUT2D eigenvalue weighted by atomic mass is 10.00. The zero-order chi connectivity index (χ0) is 26.8. The van der Waals surface area contributed by atoms with E-state index in [-0.39, 0.29) is 36.6 Å². The number of benzene rings is 2. The van der Waals surface area contributed by atoms with Crippen LogP contribution in [0.15, 0.2) is 73.1 Å². The van der Waals surface area contributed by atoms with Gasteiger partial charge in [0.05, 0.1) is 11.6 Å². The van der Waals surface area contributed by atoms with Crippen molar-refractivity contribution in [2.24, 2.45) is 0 Å². The number of pyridine rings is 1. The Kier molecular flexibility index (Phi) is 10.1. The van der Waals surface area contributed by atoms with E-state index in [1.54, 1.807) is 49.6 Å². The molecule has 2 aromatic carbocycles. The fraction of sp³-hybridized carbons (Fsp3) is 0.345. The molecule has 3 aromatic rings. The lowest BCUT2D eigenvalue weighted by Crippen LogP contribution is -2.43. The molecule has 2 unspecified atom stereocenters. The molecule has 196 valence electrons. The zero-order valence-corrected chi connectivity index (χ0v) is 21.5. The highest BCUT2D eigenvalue weighted by atomic mass is 19.1. The van der Waals surface area contributed by atoms with Gasteiger partial charge in [-0.15, -0.1) is 0 Å². The first-order valence-electron chi connectivity index (χ1n) is 12.4. The standard InChI is InChI=1S/C23H29N3O4.C6H5F/c1-16(26-11-10-21(5-4-12-27)30-23(26)29)17-6-8-18(9-7-17)19-13-20(15-24-14-19)22(28)25(2)3;7-6-4-2-1-3-5-6/h6-9,13-16,21,27H,4-5,10-12H2,1-3H3;1-5H. The molecule has 0 bridgehead atoms. The fourth-order valence-corrected chi connectivity index (χ4v) is 4.04. The minimum absolute atomic E-state index is 0.0875. The Hall–Kier alpha value is -3.78. The van der Waals surface area contributed by atoms with Gasteiger partial charge in [-0.05, 0) is 49.1 Å². The van der Waals surface area contributed by atoms with E-state index in [4.69, 9.17) is 9.84 Å². The summed E-state index contributed by atoms with van der Waals surface area (Å²) in [5, 5.41) is 8.95. The number of aromatic nitrogens is 1. The molecular formula is C29H34FN3O4. The van der Waals surface area contributed by atoms with E-state index in [9.17, 15) is 14.0 Å². The zero-order valence-electron chi connectivity index (χ0n) is 21.5. The van der Waals surface area contributed by atoms with Gasteiger partial charge in [0.1, 0.15) is 11.9 Å². The second kappa shape index (κ2) is 13.5. The maximum atomic E-state index is 12.4. The van der Waals surface area contributed by atoms with E-state index in [2.05, 4.69) is 4.98 Å². The molecule has 4 rings (SSSR count). The van der Waals surface area contributed by atoms with Gasteiger partial charge in [0.2, 0.25) is 0 Å². The van der Waals surface area contributed by atoms with Crippen LogP contribution in [0.2, 0.25) is 0 Å². The maximum absolute atomic E-state index is 12.4. The fourth-order valence-electron chi connectivity index (χ4n) is 4.04. The Balaban J connectivity index is 0.000000468. The van der Waals surface area contributed by atoms with Crippen LogP contribution in [-0.4, -0.2) is 65.2 Å². The van der Waals surface area contributed by atoms with E-state index in [1.807, 2.05) is 37.3 Å². The van der Waals surface area contributed by atoms with Crippen molar-refractivity contribution in [3.05, 3.63) is 90.0 Å². The third-order valence-electron chi connectivity index (χ3n) is 6.20. The van der Waals surface area contributed by atoms with Crippen molar-refractivity contribution in [1.29, 1.82) is 0 Å². The molecule has 1 N–H and O–H groups in total. The summed E-state index contributed by atoms with van der Waals surface area (Å²) in [6.45, 7) is 2.74. The van der Waals surface area contributed by atoms with Gasteiger partial charge in [-0.25, -0.2) is 9.18 Å². The second-order valence-corrected chi connectivity index (χ2v) is 9.11. The average Bonchev–Trinajstić information content (AvgIpc) is 2.92. The quantitative estimate of drug-likeness (QED) is 0.468. The van der Waals surface area contributed by atoms with Crippen LogP contribution in [0.1, 0.15) is 48.1 Å². The van der Waals surface area contributed by atoms with Crippen molar-refractivity contribution in [3.8, 4) is 11.1 Å². The van der Waals surface area contributed by atoms with Crippen molar-refractivity contribution in [2.45, 2.75) is 38.3 Å². The van der Waals surface area contributed by atoms with Crippen LogP contribution in [0.4, 0.5) is 9.18 Å². The third kappa shape index (κ3) is 7.85. The number of carbonyl (C=O) groups is 2. The highest BCUT2D eigenvalue weighted by Gasteiger charge is 2.30. The van der Waals surface area contributed by atoms with Crippen LogP contribution in [0.3, 0.4) is 0 Å². The summed E-state index contributed by atoms with van der Waals surface area (Å²) in [5.74, 6) is -0.266. The van der Waals surface area contributed by atoms with Crippen LogP contribution in [-0.2, 0) is 4.74 Å². The number of aliphatic hydroxyl groups is 1. The maximum Gasteiger partial charge on any atom is 0.410 e. The Morgan fingerprint density at radius 1 is 1.14 bits per heavy atom. The van der Waals surface area contributed by atoms with Gasteiger partial charge in [-0.1, -0.05) is 42.5 Å². The number of halogens is 1. The number of cyclic esters (lactones) is 1. The highest BCUT2D eigenvalue weighted by Crippen LogP contribution is 2.28. The lowest BCUT2D eigenvalue weighted by Gasteiger charge is -2.35. The molecule has 1 aliphatic rings. The molecule has 1 aromatic heterocycles. The van der Waals surface area contributed by atoms with Crippen molar-refractivity contribution in [2.75, 3.05) is 27.2 Å². The molecule has 8 heteroatoms. The predicted octanol–water partition coefficient (Wildman–Crippen LogP) is 5.32. The van der Waals surface area contributed by atoms with Gasteiger partial charge < -0.3 is 19.6 Å². The number of carbonyl (C=O) groups excluding carboxylic acids is 2. The number of aliphatic hydroxyl groups excluding tert-OH is 1. The van der Waals surface area contributed by atoms with Crippen LogP contribution < -0.4 is 0 Å². The Labute approximate surface area is 217 Å². The molecule has 2 heterocycles. The molecule has 1 fully saturated rings. The van der Waals surface area contributed by atoms with Gasteiger partial charge >= 0.3 is 6.09 Å². The third-order valence-corrected chi connectivity index (χ3v) is 6.20. The molecular weight excluding hydrogens is 473 g/mol. The molecule has 2 amide bonds. The van der Waals surface area contributed by atoms with Crippen molar-refractivity contribution in [1.82, 2.24) is 14.8 Å². The van der Waals surface area contributed by atoms with Gasteiger partial charge in [-0.3, -0.25) is 9.78 Å². The summed E-state index contributed by atoms with van der Waals surface area (Å²) in [7, 11) is 3.43. The Bertz CT molecular complexity index is 1160. The summed E-state index contributed by atoms with van der Waals surface area (Å²) in [5.41, 5.74) is 3.38. The number of rotatable bonds is 7. The normalized spacial score (nSPS) is 15.8. The predicted molar refractivity (Wildman–Crippen MR) is 140 cm³/mol. The highest BCUT2D eigenvalue weighted by molar-refractivity contribution is 5.94. The number of hydrogen-bond donors (Lipinski definition) is 1. The van der Waals surface area contributed by atoms with Gasteiger partial charge in [0, 0.05) is 51.6 Å². The smallest absolute Gasteiger partial charge is 0.410 e. The minimum atomic E-state index is -0.306. The number of nitrogens with zero attached hydrogens (tertiary/aromatic N) is 3. The number of amides is 2. The summed E-state index contributed by atoms with van der Waals surface area (Å²) < 4.78 is 17.4. The SMILES string of the molecule is CC(c1ccc(-c2cncc(C(=O)N(C)C)c2)cc1)N1CCC(CCCO)OC1=O.Fc1ccccc1. The monoisotopic (exact) mass is 507 g/mol. The Morgan fingerprint density at radius 2 is 1.84 bits per heavy atom. The average molecular weight is 508 g/mol. The topological polar surface area (TPSA) is 83.0 Å². The second-order valence-electron chi connectivity index (χ2n) is 9.11. The molecule has 0 saturated carbocycles. The first-order valence-corrected chi connectivity index (χ1v) is 12.4. The molecule has 0 spiro atoms. The van der Waals surface area contributed by atoms with E-state index < -0.39 is 0 Å². The summed E-state index contributed by atoms with van der Waals surface area (Å²) in [6, 6.07) is 17.6.